The first kappa shape index (κ1) is 19.7. The molecule has 0 spiro atoms. The number of para-hydroxylation sites is 1. The zero-order valence-corrected chi connectivity index (χ0v) is 16.7. The zero-order valence-electron chi connectivity index (χ0n) is 15.9. The SMILES string of the molecule is C[C@H](c1nc2ccccc2c(=O)[nH]1)[NH+]1CCN(S(=O)(=O)c2cccc(F)c2)CC1. The first-order chi connectivity index (χ1) is 13.9. The molecule has 1 aliphatic heterocycles. The summed E-state index contributed by atoms with van der Waals surface area (Å²) in [6, 6.07) is 12.2. The van der Waals surface area contributed by atoms with Gasteiger partial charge in [-0.2, -0.15) is 4.31 Å². The van der Waals surface area contributed by atoms with Crippen LogP contribution in [0.2, 0.25) is 0 Å². The normalized spacial score (nSPS) is 17.4. The third kappa shape index (κ3) is 3.81. The number of rotatable bonds is 4. The van der Waals surface area contributed by atoms with Gasteiger partial charge in [0.05, 0.1) is 42.0 Å². The molecule has 1 saturated heterocycles. The van der Waals surface area contributed by atoms with E-state index in [1.54, 1.807) is 18.2 Å². The Morgan fingerprint density at radius 3 is 2.59 bits per heavy atom. The average Bonchev–Trinajstić information content (AvgIpc) is 2.73. The average molecular weight is 417 g/mol. The van der Waals surface area contributed by atoms with Crippen molar-refractivity contribution in [2.75, 3.05) is 26.2 Å². The Morgan fingerprint density at radius 1 is 1.14 bits per heavy atom. The Bertz CT molecular complexity index is 1200. The molecular weight excluding hydrogens is 395 g/mol. The minimum Gasteiger partial charge on any atom is -0.324 e. The minimum absolute atomic E-state index is 0.0328. The number of aromatic nitrogens is 2. The summed E-state index contributed by atoms with van der Waals surface area (Å²) >= 11 is 0. The molecule has 2 heterocycles. The summed E-state index contributed by atoms with van der Waals surface area (Å²) in [5.41, 5.74) is 0.467. The Labute approximate surface area is 167 Å². The third-order valence-electron chi connectivity index (χ3n) is 5.45. The molecule has 4 rings (SSSR count). The number of sulfonamides is 1. The first-order valence-electron chi connectivity index (χ1n) is 9.45. The van der Waals surface area contributed by atoms with Crippen LogP contribution >= 0.6 is 0 Å². The van der Waals surface area contributed by atoms with Gasteiger partial charge in [-0.1, -0.05) is 18.2 Å². The second kappa shape index (κ2) is 7.66. The van der Waals surface area contributed by atoms with E-state index in [0.29, 0.717) is 42.9 Å². The molecule has 0 saturated carbocycles. The van der Waals surface area contributed by atoms with Crippen molar-refractivity contribution in [3.8, 4) is 0 Å². The number of fused-ring (bicyclic) bond motifs is 1. The van der Waals surface area contributed by atoms with Gasteiger partial charge in [0, 0.05) is 0 Å². The second-order valence-electron chi connectivity index (χ2n) is 7.21. The van der Waals surface area contributed by atoms with E-state index in [9.17, 15) is 17.6 Å². The molecular formula is C20H22FN4O3S+. The van der Waals surface area contributed by atoms with Crippen molar-refractivity contribution in [1.29, 1.82) is 0 Å². The van der Waals surface area contributed by atoms with Gasteiger partial charge in [0.15, 0.2) is 5.82 Å². The molecule has 9 heteroatoms. The van der Waals surface area contributed by atoms with Gasteiger partial charge in [-0.15, -0.1) is 0 Å². The van der Waals surface area contributed by atoms with Crippen LogP contribution in [-0.4, -0.2) is 48.9 Å². The number of H-pyrrole nitrogens is 1. The predicted octanol–water partition coefficient (Wildman–Crippen LogP) is 0.713. The van der Waals surface area contributed by atoms with Crippen LogP contribution in [0, 0.1) is 5.82 Å². The highest BCUT2D eigenvalue weighted by Crippen LogP contribution is 2.17. The smallest absolute Gasteiger partial charge is 0.258 e. The van der Waals surface area contributed by atoms with E-state index in [4.69, 9.17) is 0 Å². The lowest BCUT2D eigenvalue weighted by Crippen LogP contribution is -3.14. The van der Waals surface area contributed by atoms with Crippen molar-refractivity contribution >= 4 is 20.9 Å². The van der Waals surface area contributed by atoms with E-state index in [1.165, 1.54) is 22.5 Å². The molecule has 0 amide bonds. The molecule has 3 aromatic rings. The Kier molecular flexibility index (Phi) is 5.20. The molecule has 0 aliphatic carbocycles. The summed E-state index contributed by atoms with van der Waals surface area (Å²) in [6.45, 7) is 3.73. The topological polar surface area (TPSA) is 87.6 Å². The Morgan fingerprint density at radius 2 is 1.86 bits per heavy atom. The molecule has 2 aromatic carbocycles. The fourth-order valence-corrected chi connectivity index (χ4v) is 5.20. The number of quaternary nitrogens is 1. The van der Waals surface area contributed by atoms with Crippen LogP contribution in [0.15, 0.2) is 58.2 Å². The summed E-state index contributed by atoms with van der Waals surface area (Å²) in [6.07, 6.45) is 0. The minimum atomic E-state index is -3.73. The monoisotopic (exact) mass is 417 g/mol. The van der Waals surface area contributed by atoms with Crippen LogP contribution in [0.1, 0.15) is 18.8 Å². The molecule has 1 fully saturated rings. The van der Waals surface area contributed by atoms with Crippen LogP contribution < -0.4 is 10.5 Å². The van der Waals surface area contributed by atoms with Gasteiger partial charge in [0.1, 0.15) is 11.9 Å². The van der Waals surface area contributed by atoms with E-state index in [1.807, 2.05) is 13.0 Å². The predicted molar refractivity (Wildman–Crippen MR) is 107 cm³/mol. The summed E-state index contributed by atoms with van der Waals surface area (Å²) in [7, 11) is -3.73. The Balaban J connectivity index is 1.50. The van der Waals surface area contributed by atoms with Crippen molar-refractivity contribution in [3.63, 3.8) is 0 Å². The van der Waals surface area contributed by atoms with Crippen LogP contribution in [0.4, 0.5) is 4.39 Å². The largest absolute Gasteiger partial charge is 0.324 e. The summed E-state index contributed by atoms with van der Waals surface area (Å²) in [5, 5.41) is 0.546. The molecule has 1 atom stereocenters. The maximum atomic E-state index is 13.4. The van der Waals surface area contributed by atoms with Crippen molar-refractivity contribution < 1.29 is 17.7 Å². The van der Waals surface area contributed by atoms with E-state index in [0.717, 1.165) is 11.0 Å². The van der Waals surface area contributed by atoms with Crippen molar-refractivity contribution in [3.05, 3.63) is 70.5 Å². The van der Waals surface area contributed by atoms with Crippen LogP contribution in [0.25, 0.3) is 10.9 Å². The van der Waals surface area contributed by atoms with E-state index < -0.39 is 15.8 Å². The molecule has 1 aromatic heterocycles. The lowest BCUT2D eigenvalue weighted by molar-refractivity contribution is -0.933. The highest BCUT2D eigenvalue weighted by atomic mass is 32.2. The van der Waals surface area contributed by atoms with Crippen molar-refractivity contribution in [2.24, 2.45) is 0 Å². The fraction of sp³-hybridized carbons (Fsp3) is 0.300. The zero-order chi connectivity index (χ0) is 20.6. The lowest BCUT2D eigenvalue weighted by atomic mass is 10.2. The summed E-state index contributed by atoms with van der Waals surface area (Å²) in [4.78, 5) is 20.9. The van der Waals surface area contributed by atoms with Gasteiger partial charge in [-0.25, -0.2) is 17.8 Å². The molecule has 7 nitrogen and oxygen atoms in total. The number of hydrogen-bond acceptors (Lipinski definition) is 4. The standard InChI is InChI=1S/C20H21FN4O3S/c1-14(19-22-18-8-3-2-7-17(18)20(26)23-19)24-9-11-25(12-10-24)29(27,28)16-6-4-5-15(21)13-16/h2-8,13-14H,9-12H2,1H3,(H,22,23,26)/p+1/t14-/m1/s1. The second-order valence-corrected chi connectivity index (χ2v) is 9.15. The van der Waals surface area contributed by atoms with Gasteiger partial charge < -0.3 is 9.88 Å². The molecule has 0 unspecified atom stereocenters. The maximum absolute atomic E-state index is 13.4. The quantitative estimate of drug-likeness (QED) is 0.655. The number of hydrogen-bond donors (Lipinski definition) is 2. The summed E-state index contributed by atoms with van der Waals surface area (Å²) < 4.78 is 40.4. The number of aromatic amines is 1. The molecule has 29 heavy (non-hydrogen) atoms. The number of halogens is 1. The van der Waals surface area contributed by atoms with E-state index in [-0.39, 0.29) is 16.5 Å². The van der Waals surface area contributed by atoms with Gasteiger partial charge in [-0.3, -0.25) is 4.79 Å². The van der Waals surface area contributed by atoms with Gasteiger partial charge in [-0.05, 0) is 37.3 Å². The molecule has 1 aliphatic rings. The molecule has 2 N–H and O–H groups in total. The highest BCUT2D eigenvalue weighted by molar-refractivity contribution is 7.89. The van der Waals surface area contributed by atoms with Crippen LogP contribution in [-0.2, 0) is 10.0 Å². The van der Waals surface area contributed by atoms with E-state index >= 15 is 0 Å². The third-order valence-corrected chi connectivity index (χ3v) is 7.35. The van der Waals surface area contributed by atoms with Gasteiger partial charge >= 0.3 is 0 Å². The van der Waals surface area contributed by atoms with Crippen molar-refractivity contribution in [1.82, 2.24) is 14.3 Å². The Hall–Kier alpha value is -2.62. The number of nitrogens with zero attached hydrogens (tertiary/aromatic N) is 2. The summed E-state index contributed by atoms with van der Waals surface area (Å²) in [5.74, 6) is 0.0143. The van der Waals surface area contributed by atoms with Crippen LogP contribution in [0.5, 0.6) is 0 Å². The fourth-order valence-electron chi connectivity index (χ4n) is 3.73. The maximum Gasteiger partial charge on any atom is 0.258 e. The number of piperazine rings is 1. The molecule has 152 valence electrons. The van der Waals surface area contributed by atoms with Gasteiger partial charge in [0.25, 0.3) is 5.56 Å². The van der Waals surface area contributed by atoms with Crippen molar-refractivity contribution in [2.45, 2.75) is 17.9 Å². The highest BCUT2D eigenvalue weighted by Gasteiger charge is 2.33. The number of nitrogens with one attached hydrogen (secondary N) is 2. The lowest BCUT2D eigenvalue weighted by Gasteiger charge is -2.34. The van der Waals surface area contributed by atoms with Crippen LogP contribution in [0.3, 0.4) is 0 Å². The molecule has 0 radical (unpaired) electrons. The van der Waals surface area contributed by atoms with E-state index in [2.05, 4.69) is 9.97 Å². The first-order valence-corrected chi connectivity index (χ1v) is 10.9. The molecule has 0 bridgehead atoms. The number of benzene rings is 2. The van der Waals surface area contributed by atoms with Gasteiger partial charge in [0.2, 0.25) is 10.0 Å².